The number of carboxylic acids is 1. The number of hydrogen-bond acceptors (Lipinski definition) is 4. The number of unbranched alkanes of at least 4 members (excludes halogenated alkanes) is 1. The lowest BCUT2D eigenvalue weighted by Gasteiger charge is -2.13. The van der Waals surface area contributed by atoms with Crippen LogP contribution in [-0.2, 0) is 6.54 Å². The molecule has 1 aromatic carbocycles. The molecule has 0 radical (unpaired) electrons. The van der Waals surface area contributed by atoms with Crippen molar-refractivity contribution in [1.82, 2.24) is 4.98 Å². The summed E-state index contributed by atoms with van der Waals surface area (Å²) in [5.41, 5.74) is 2.74. The zero-order valence-corrected chi connectivity index (χ0v) is 14.1. The maximum Gasteiger partial charge on any atom is 0.124 e. The highest BCUT2D eigenvalue weighted by Gasteiger charge is 2.11. The van der Waals surface area contributed by atoms with Gasteiger partial charge in [0, 0.05) is 11.1 Å². The molecule has 22 heavy (non-hydrogen) atoms. The number of aromatic nitrogens is 1. The minimum absolute atomic E-state index is 0.214. The number of carbonyl (C=O) groups is 1. The van der Waals surface area contributed by atoms with Crippen molar-refractivity contribution in [3.05, 3.63) is 40.4 Å². The number of aryl methyl sites for hydroxylation is 1. The number of carboxylic acid groups (broad SMARTS) is 1. The Balaban J connectivity index is 2.17. The first-order valence-electron chi connectivity index (χ1n) is 7.60. The van der Waals surface area contributed by atoms with Gasteiger partial charge in [-0.3, -0.25) is 0 Å². The summed E-state index contributed by atoms with van der Waals surface area (Å²) in [6.45, 7) is 6.03. The van der Waals surface area contributed by atoms with E-state index in [1.54, 1.807) is 6.92 Å². The molecule has 1 N–H and O–H groups in total. The molecular weight excluding hydrogens is 296 g/mol. The third kappa shape index (κ3) is 4.15. The summed E-state index contributed by atoms with van der Waals surface area (Å²) < 4.78 is 0. The second kappa shape index (κ2) is 7.51. The average Bonchev–Trinajstić information content (AvgIpc) is 2.87. The predicted molar refractivity (Wildman–Crippen MR) is 87.0 cm³/mol. The summed E-state index contributed by atoms with van der Waals surface area (Å²) in [7, 11) is 2.20. The number of rotatable bonds is 7. The highest BCUT2D eigenvalue weighted by molar-refractivity contribution is 7.17. The van der Waals surface area contributed by atoms with Crippen LogP contribution in [0.15, 0.2) is 24.3 Å². The first kappa shape index (κ1) is 16.6. The normalized spacial score (nSPS) is 12.3. The van der Waals surface area contributed by atoms with Crippen molar-refractivity contribution in [1.29, 1.82) is 0 Å². The van der Waals surface area contributed by atoms with Crippen LogP contribution in [0.25, 0.3) is 10.6 Å². The van der Waals surface area contributed by atoms with Crippen LogP contribution >= 0.6 is 11.3 Å². The molecule has 0 aliphatic heterocycles. The van der Waals surface area contributed by atoms with E-state index in [-0.39, 0.29) is 4.88 Å². The number of carbonyl (C=O) groups excluding carboxylic acids is 1. The van der Waals surface area contributed by atoms with Crippen molar-refractivity contribution in [2.75, 3.05) is 13.6 Å². The van der Waals surface area contributed by atoms with Gasteiger partial charge in [-0.1, -0.05) is 31.5 Å². The quantitative estimate of drug-likeness (QED) is 0.837. The van der Waals surface area contributed by atoms with Gasteiger partial charge in [-0.15, -0.1) is 11.3 Å². The van der Waals surface area contributed by atoms with Crippen molar-refractivity contribution in [2.45, 2.75) is 33.2 Å². The maximum atomic E-state index is 11.0. The van der Waals surface area contributed by atoms with Gasteiger partial charge in [0.25, 0.3) is 0 Å². The van der Waals surface area contributed by atoms with Crippen molar-refractivity contribution in [3.63, 3.8) is 0 Å². The molecule has 1 heterocycles. The Morgan fingerprint density at radius 3 is 2.82 bits per heavy atom. The summed E-state index contributed by atoms with van der Waals surface area (Å²) in [6, 6.07) is 8.20. The second-order valence-corrected chi connectivity index (χ2v) is 6.66. The van der Waals surface area contributed by atoms with E-state index in [1.807, 2.05) is 12.1 Å². The SMILES string of the molecule is CCCC[NH+](C)Cc1cccc(-c2nc(C)c(C(=O)[O-])s2)c1. The minimum Gasteiger partial charge on any atom is -0.544 e. The van der Waals surface area contributed by atoms with Crippen LogP contribution < -0.4 is 10.0 Å². The van der Waals surface area contributed by atoms with Crippen LogP contribution in [0.1, 0.15) is 40.7 Å². The number of aromatic carboxylic acids is 1. The number of hydrogen-bond donors (Lipinski definition) is 1. The monoisotopic (exact) mass is 318 g/mol. The van der Waals surface area contributed by atoms with Crippen molar-refractivity contribution < 1.29 is 14.8 Å². The van der Waals surface area contributed by atoms with Gasteiger partial charge in [-0.05, 0) is 19.4 Å². The van der Waals surface area contributed by atoms with Gasteiger partial charge in [-0.2, -0.15) is 0 Å². The van der Waals surface area contributed by atoms with Gasteiger partial charge in [0.05, 0.1) is 30.1 Å². The molecule has 0 spiro atoms. The van der Waals surface area contributed by atoms with Crippen LogP contribution in [0.4, 0.5) is 0 Å². The highest BCUT2D eigenvalue weighted by Crippen LogP contribution is 2.28. The third-order valence-corrected chi connectivity index (χ3v) is 4.81. The van der Waals surface area contributed by atoms with Gasteiger partial charge >= 0.3 is 0 Å². The lowest BCUT2D eigenvalue weighted by atomic mass is 10.1. The molecule has 2 aromatic rings. The largest absolute Gasteiger partial charge is 0.544 e. The fraction of sp³-hybridized carbons (Fsp3) is 0.412. The zero-order valence-electron chi connectivity index (χ0n) is 13.3. The molecule has 0 bridgehead atoms. The summed E-state index contributed by atoms with van der Waals surface area (Å²) in [5.74, 6) is -1.15. The van der Waals surface area contributed by atoms with Gasteiger partial charge in [0.15, 0.2) is 0 Å². The molecule has 5 heteroatoms. The molecule has 2 rings (SSSR count). The Bertz CT molecular complexity index is 652. The van der Waals surface area contributed by atoms with E-state index < -0.39 is 5.97 Å². The third-order valence-electron chi connectivity index (χ3n) is 3.62. The molecule has 1 atom stereocenters. The van der Waals surface area contributed by atoms with E-state index in [0.29, 0.717) is 5.69 Å². The first-order chi connectivity index (χ1) is 10.5. The highest BCUT2D eigenvalue weighted by atomic mass is 32.1. The average molecular weight is 318 g/mol. The molecular formula is C17H22N2O2S. The Kier molecular flexibility index (Phi) is 5.69. The number of nitrogens with one attached hydrogen (secondary N) is 1. The van der Waals surface area contributed by atoms with Crippen LogP contribution in [0.3, 0.4) is 0 Å². The summed E-state index contributed by atoms with van der Waals surface area (Å²) >= 11 is 1.18. The fourth-order valence-corrected chi connectivity index (χ4v) is 3.34. The maximum absolute atomic E-state index is 11.0. The van der Waals surface area contributed by atoms with Crippen LogP contribution in [0.2, 0.25) is 0 Å². The standard InChI is InChI=1S/C17H22N2O2S/c1-4-5-9-19(3)11-13-7-6-8-14(10-13)16-18-12(2)15(22-16)17(20)21/h6-8,10H,4-5,9,11H2,1-3H3,(H,20,21). The van der Waals surface area contributed by atoms with Crippen LogP contribution in [-0.4, -0.2) is 24.5 Å². The molecule has 0 saturated heterocycles. The first-order valence-corrected chi connectivity index (χ1v) is 8.42. The second-order valence-electron chi connectivity index (χ2n) is 5.66. The van der Waals surface area contributed by atoms with E-state index in [1.165, 1.54) is 34.6 Å². The molecule has 4 nitrogen and oxygen atoms in total. The minimum atomic E-state index is -1.15. The molecule has 1 unspecified atom stereocenters. The van der Waals surface area contributed by atoms with Crippen molar-refractivity contribution >= 4 is 17.3 Å². The Morgan fingerprint density at radius 2 is 2.18 bits per heavy atom. The molecule has 118 valence electrons. The molecule has 0 aliphatic carbocycles. The van der Waals surface area contributed by atoms with Crippen molar-refractivity contribution in [3.8, 4) is 10.6 Å². The van der Waals surface area contributed by atoms with Gasteiger partial charge in [0.1, 0.15) is 11.6 Å². The number of thiazole rings is 1. The Morgan fingerprint density at radius 1 is 1.41 bits per heavy atom. The topological polar surface area (TPSA) is 57.5 Å². The van der Waals surface area contributed by atoms with Crippen LogP contribution in [0.5, 0.6) is 0 Å². The van der Waals surface area contributed by atoms with Crippen LogP contribution in [0, 0.1) is 6.92 Å². The Hall–Kier alpha value is -1.72. The predicted octanol–water partition coefficient (Wildman–Crippen LogP) is 1.30. The van der Waals surface area contributed by atoms with E-state index >= 15 is 0 Å². The molecule has 0 aliphatic rings. The van der Waals surface area contributed by atoms with Gasteiger partial charge in [-0.25, -0.2) is 4.98 Å². The molecule has 0 fully saturated rings. The lowest BCUT2D eigenvalue weighted by molar-refractivity contribution is -0.894. The van der Waals surface area contributed by atoms with Crippen molar-refractivity contribution in [2.24, 2.45) is 0 Å². The summed E-state index contributed by atoms with van der Waals surface area (Å²) in [6.07, 6.45) is 2.44. The van der Waals surface area contributed by atoms with E-state index in [2.05, 4.69) is 31.1 Å². The summed E-state index contributed by atoms with van der Waals surface area (Å²) in [4.78, 5) is 17.1. The van der Waals surface area contributed by atoms with Gasteiger partial charge in [0.2, 0.25) is 0 Å². The molecule has 1 aromatic heterocycles. The molecule has 0 saturated carbocycles. The Labute approximate surface area is 135 Å². The molecule has 0 amide bonds. The lowest BCUT2D eigenvalue weighted by Crippen LogP contribution is -3.07. The number of benzene rings is 1. The van der Waals surface area contributed by atoms with E-state index in [4.69, 9.17) is 0 Å². The smallest absolute Gasteiger partial charge is 0.124 e. The van der Waals surface area contributed by atoms with Gasteiger partial charge < -0.3 is 14.8 Å². The zero-order chi connectivity index (χ0) is 16.1. The van der Waals surface area contributed by atoms with E-state index in [0.717, 1.165) is 23.7 Å². The fourth-order valence-electron chi connectivity index (χ4n) is 2.44. The van der Waals surface area contributed by atoms with E-state index in [9.17, 15) is 9.90 Å². The number of nitrogens with zero attached hydrogens (tertiary/aromatic N) is 1. The number of quaternary nitrogens is 1. The summed E-state index contributed by atoms with van der Waals surface area (Å²) in [5, 5.41) is 11.8.